The summed E-state index contributed by atoms with van der Waals surface area (Å²) in [4.78, 5) is 24.0. The van der Waals surface area contributed by atoms with Crippen LogP contribution in [0.2, 0.25) is 0 Å². The Kier molecular flexibility index (Phi) is 7.02. The van der Waals surface area contributed by atoms with Gasteiger partial charge in [-0.15, -0.1) is 0 Å². The number of carbonyl (C=O) groups is 2. The number of hydrogen-bond acceptors (Lipinski definition) is 4. The van der Waals surface area contributed by atoms with Gasteiger partial charge in [-0.25, -0.2) is 0 Å². The lowest BCUT2D eigenvalue weighted by atomic mass is 10.2. The van der Waals surface area contributed by atoms with Crippen LogP contribution in [0.25, 0.3) is 0 Å². The predicted octanol–water partition coefficient (Wildman–Crippen LogP) is 2.69. The fraction of sp³-hybridized carbons (Fsp3) is 0.300. The summed E-state index contributed by atoms with van der Waals surface area (Å²) in [7, 11) is 0. The van der Waals surface area contributed by atoms with Crippen LogP contribution >= 0.6 is 0 Å². The van der Waals surface area contributed by atoms with Gasteiger partial charge in [-0.1, -0.05) is 42.3 Å². The second-order valence-electron chi connectivity index (χ2n) is 5.97. The molecule has 2 N–H and O–H groups in total. The number of hydrazine groups is 1. The van der Waals surface area contributed by atoms with Crippen molar-refractivity contribution in [2.75, 3.05) is 6.61 Å². The van der Waals surface area contributed by atoms with E-state index in [-0.39, 0.29) is 6.61 Å². The van der Waals surface area contributed by atoms with E-state index in [1.807, 2.05) is 45.0 Å². The summed E-state index contributed by atoms with van der Waals surface area (Å²) in [6.45, 7) is 5.58. The Morgan fingerprint density at radius 1 is 0.885 bits per heavy atom. The standard InChI is InChI=1S/C20H24N2O4/c1-4-18(26-17-11-7-15(3)8-12-17)20(24)22-21-19(23)13-25-16-9-5-14(2)6-10-16/h5-12,18H,4,13H2,1-3H3,(H,21,23)(H,22,24). The topological polar surface area (TPSA) is 76.7 Å². The molecule has 0 aliphatic rings. The molecule has 138 valence electrons. The molecule has 6 heteroatoms. The van der Waals surface area contributed by atoms with Crippen LogP contribution < -0.4 is 20.3 Å². The van der Waals surface area contributed by atoms with Crippen molar-refractivity contribution in [3.8, 4) is 11.5 Å². The molecular formula is C20H24N2O4. The van der Waals surface area contributed by atoms with Crippen LogP contribution in [0.3, 0.4) is 0 Å². The lowest BCUT2D eigenvalue weighted by molar-refractivity contribution is -0.134. The van der Waals surface area contributed by atoms with Crippen LogP contribution in [-0.4, -0.2) is 24.5 Å². The number of benzene rings is 2. The van der Waals surface area contributed by atoms with Crippen LogP contribution in [0.5, 0.6) is 11.5 Å². The fourth-order valence-electron chi connectivity index (χ4n) is 2.13. The van der Waals surface area contributed by atoms with E-state index in [0.717, 1.165) is 11.1 Å². The summed E-state index contributed by atoms with van der Waals surface area (Å²) < 4.78 is 11.0. The fourth-order valence-corrected chi connectivity index (χ4v) is 2.13. The van der Waals surface area contributed by atoms with Crippen molar-refractivity contribution in [3.05, 3.63) is 59.7 Å². The average molecular weight is 356 g/mol. The smallest absolute Gasteiger partial charge is 0.279 e. The SMILES string of the molecule is CCC(Oc1ccc(C)cc1)C(=O)NNC(=O)COc1ccc(C)cc1. The van der Waals surface area contributed by atoms with Gasteiger partial charge >= 0.3 is 0 Å². The molecule has 2 aromatic carbocycles. The van der Waals surface area contributed by atoms with Gasteiger partial charge < -0.3 is 9.47 Å². The van der Waals surface area contributed by atoms with E-state index in [1.54, 1.807) is 24.3 Å². The molecule has 0 aromatic heterocycles. The Morgan fingerprint density at radius 2 is 1.42 bits per heavy atom. The first-order valence-electron chi connectivity index (χ1n) is 8.49. The molecule has 0 aliphatic carbocycles. The van der Waals surface area contributed by atoms with Crippen molar-refractivity contribution in [3.63, 3.8) is 0 Å². The molecule has 2 rings (SSSR count). The highest BCUT2D eigenvalue weighted by Gasteiger charge is 2.19. The van der Waals surface area contributed by atoms with Gasteiger partial charge in [0.1, 0.15) is 11.5 Å². The Bertz CT molecular complexity index is 726. The Labute approximate surface area is 153 Å². The first kappa shape index (κ1) is 19.3. The molecule has 0 saturated carbocycles. The molecule has 0 spiro atoms. The minimum atomic E-state index is -0.698. The van der Waals surface area contributed by atoms with Gasteiger partial charge in [0.05, 0.1) is 0 Å². The van der Waals surface area contributed by atoms with Crippen molar-refractivity contribution in [2.24, 2.45) is 0 Å². The van der Waals surface area contributed by atoms with Crippen molar-refractivity contribution < 1.29 is 19.1 Å². The van der Waals surface area contributed by atoms with Crippen LogP contribution in [0, 0.1) is 13.8 Å². The monoisotopic (exact) mass is 356 g/mol. The van der Waals surface area contributed by atoms with Gasteiger partial charge in [0.15, 0.2) is 12.7 Å². The van der Waals surface area contributed by atoms with Crippen molar-refractivity contribution in [2.45, 2.75) is 33.3 Å². The number of amides is 2. The van der Waals surface area contributed by atoms with E-state index < -0.39 is 17.9 Å². The summed E-state index contributed by atoms with van der Waals surface area (Å²) in [6, 6.07) is 14.8. The molecule has 2 amide bonds. The number of rotatable bonds is 7. The predicted molar refractivity (Wildman–Crippen MR) is 98.8 cm³/mol. The lowest BCUT2D eigenvalue weighted by Gasteiger charge is -2.17. The second kappa shape index (κ2) is 9.46. The number of nitrogens with one attached hydrogen (secondary N) is 2. The molecular weight excluding hydrogens is 332 g/mol. The first-order chi connectivity index (χ1) is 12.5. The third-order valence-corrected chi connectivity index (χ3v) is 3.68. The molecule has 0 fully saturated rings. The third kappa shape index (κ3) is 6.12. The summed E-state index contributed by atoms with van der Waals surface area (Å²) in [5.41, 5.74) is 6.91. The van der Waals surface area contributed by atoms with Gasteiger partial charge in [0.25, 0.3) is 11.8 Å². The second-order valence-corrected chi connectivity index (χ2v) is 5.97. The van der Waals surface area contributed by atoms with Gasteiger partial charge in [0.2, 0.25) is 0 Å². The number of aryl methyl sites for hydroxylation is 2. The molecule has 0 radical (unpaired) electrons. The zero-order valence-electron chi connectivity index (χ0n) is 15.2. The Hall–Kier alpha value is -3.02. The minimum absolute atomic E-state index is 0.195. The number of hydrogen-bond donors (Lipinski definition) is 2. The molecule has 6 nitrogen and oxygen atoms in total. The van der Waals surface area contributed by atoms with Gasteiger partial charge in [0, 0.05) is 0 Å². The molecule has 0 saturated heterocycles. The molecule has 0 aliphatic heterocycles. The largest absolute Gasteiger partial charge is 0.484 e. The van der Waals surface area contributed by atoms with Gasteiger partial charge in [-0.05, 0) is 44.5 Å². The normalized spacial score (nSPS) is 11.3. The van der Waals surface area contributed by atoms with Crippen LogP contribution in [0.1, 0.15) is 24.5 Å². The number of carbonyl (C=O) groups excluding carboxylic acids is 2. The van der Waals surface area contributed by atoms with Crippen LogP contribution in [-0.2, 0) is 9.59 Å². The number of ether oxygens (including phenoxy) is 2. The molecule has 0 heterocycles. The van der Waals surface area contributed by atoms with E-state index in [4.69, 9.17) is 9.47 Å². The van der Waals surface area contributed by atoms with Gasteiger partial charge in [-0.3, -0.25) is 20.4 Å². The summed E-state index contributed by atoms with van der Waals surface area (Å²) in [5.74, 6) is 0.318. The highest BCUT2D eigenvalue weighted by Crippen LogP contribution is 2.14. The lowest BCUT2D eigenvalue weighted by Crippen LogP contribution is -2.49. The molecule has 2 aromatic rings. The molecule has 0 bridgehead atoms. The quantitative estimate of drug-likeness (QED) is 0.748. The highest BCUT2D eigenvalue weighted by molar-refractivity contribution is 5.85. The summed E-state index contributed by atoms with van der Waals surface area (Å²) in [5, 5.41) is 0. The van der Waals surface area contributed by atoms with E-state index in [2.05, 4.69) is 10.9 Å². The summed E-state index contributed by atoms with van der Waals surface area (Å²) in [6.07, 6.45) is -0.230. The van der Waals surface area contributed by atoms with E-state index in [9.17, 15) is 9.59 Å². The van der Waals surface area contributed by atoms with E-state index in [1.165, 1.54) is 0 Å². The van der Waals surface area contributed by atoms with Crippen molar-refractivity contribution in [1.82, 2.24) is 10.9 Å². The van der Waals surface area contributed by atoms with Gasteiger partial charge in [-0.2, -0.15) is 0 Å². The Morgan fingerprint density at radius 3 is 1.96 bits per heavy atom. The molecule has 1 atom stereocenters. The van der Waals surface area contributed by atoms with Crippen LogP contribution in [0.4, 0.5) is 0 Å². The molecule has 1 unspecified atom stereocenters. The maximum atomic E-state index is 12.2. The third-order valence-electron chi connectivity index (χ3n) is 3.68. The Balaban J connectivity index is 1.77. The molecule has 26 heavy (non-hydrogen) atoms. The minimum Gasteiger partial charge on any atom is -0.484 e. The zero-order valence-corrected chi connectivity index (χ0v) is 15.2. The van der Waals surface area contributed by atoms with Crippen LogP contribution in [0.15, 0.2) is 48.5 Å². The maximum Gasteiger partial charge on any atom is 0.279 e. The van der Waals surface area contributed by atoms with Crippen molar-refractivity contribution in [1.29, 1.82) is 0 Å². The van der Waals surface area contributed by atoms with Crippen molar-refractivity contribution >= 4 is 11.8 Å². The van der Waals surface area contributed by atoms with E-state index >= 15 is 0 Å². The first-order valence-corrected chi connectivity index (χ1v) is 8.49. The highest BCUT2D eigenvalue weighted by atomic mass is 16.5. The average Bonchev–Trinajstić information content (AvgIpc) is 2.65. The zero-order chi connectivity index (χ0) is 18.9. The maximum absolute atomic E-state index is 12.2. The summed E-state index contributed by atoms with van der Waals surface area (Å²) >= 11 is 0. The van der Waals surface area contributed by atoms with E-state index in [0.29, 0.717) is 17.9 Å².